The first-order chi connectivity index (χ1) is 11.5. The van der Waals surface area contributed by atoms with E-state index in [9.17, 15) is 4.79 Å². The third-order valence-electron chi connectivity index (χ3n) is 5.08. The maximum atomic E-state index is 11.2. The maximum absolute atomic E-state index is 11.2. The van der Waals surface area contributed by atoms with Gasteiger partial charge >= 0.3 is 5.37 Å². The van der Waals surface area contributed by atoms with Crippen molar-refractivity contribution < 1.29 is 9.53 Å². The predicted molar refractivity (Wildman–Crippen MR) is 106 cm³/mol. The summed E-state index contributed by atoms with van der Waals surface area (Å²) in [7, 11) is 1.69. The highest BCUT2D eigenvalue weighted by Gasteiger charge is 2.24. The molecule has 0 aliphatic carbocycles. The van der Waals surface area contributed by atoms with E-state index in [0.717, 1.165) is 51.2 Å². The molecule has 1 unspecified atom stereocenters. The molecule has 1 amide bonds. The summed E-state index contributed by atoms with van der Waals surface area (Å²) in [6.45, 7) is 8.24. The molecule has 1 atom stereocenters. The van der Waals surface area contributed by atoms with Crippen LogP contribution in [0.1, 0.15) is 32.3 Å². The maximum Gasteiger partial charge on any atom is 0.316 e. The van der Waals surface area contributed by atoms with E-state index >= 15 is 0 Å². The van der Waals surface area contributed by atoms with Crippen LogP contribution in [0.3, 0.4) is 0 Å². The number of piperidine rings is 1. The molecule has 1 aliphatic rings. The highest BCUT2D eigenvalue weighted by atomic mass is 35.5. The first-order valence-electron chi connectivity index (χ1n) is 8.84. The first kappa shape index (κ1) is 22.1. The van der Waals surface area contributed by atoms with Crippen molar-refractivity contribution in [3.8, 4) is 5.75 Å². The lowest BCUT2D eigenvalue weighted by molar-refractivity contribution is 0.139. The normalized spacial score (nSPS) is 16.4. The zero-order valence-corrected chi connectivity index (χ0v) is 17.0. The third kappa shape index (κ3) is 6.69. The van der Waals surface area contributed by atoms with E-state index in [1.54, 1.807) is 12.0 Å². The van der Waals surface area contributed by atoms with Crippen LogP contribution in [0.2, 0.25) is 0 Å². The molecule has 1 heterocycles. The molecular weight excluding hydrogens is 359 g/mol. The number of benzene rings is 1. The molecule has 0 radical (unpaired) electrons. The Morgan fingerprint density at radius 1 is 1.32 bits per heavy atom. The number of halogens is 2. The second-order valence-corrected chi connectivity index (χ2v) is 7.00. The van der Waals surface area contributed by atoms with Crippen LogP contribution >= 0.6 is 24.0 Å². The van der Waals surface area contributed by atoms with Gasteiger partial charge in [-0.25, -0.2) is 0 Å². The standard InChI is InChI=1S/C19H29ClN2O2.ClH/c1-4-21(14-17-9-11-22(12-10-17)19(20)23)15(2)13-16-5-7-18(24-3)8-6-16;/h5-8,15,17H,4,9-14H2,1-3H3;1H. The highest BCUT2D eigenvalue weighted by Crippen LogP contribution is 2.21. The van der Waals surface area contributed by atoms with Crippen LogP contribution in [0.4, 0.5) is 4.79 Å². The van der Waals surface area contributed by atoms with Crippen LogP contribution in [0.15, 0.2) is 24.3 Å². The summed E-state index contributed by atoms with van der Waals surface area (Å²) in [5, 5.41) is -0.311. The summed E-state index contributed by atoms with van der Waals surface area (Å²) >= 11 is 5.57. The van der Waals surface area contributed by atoms with E-state index in [-0.39, 0.29) is 17.8 Å². The summed E-state index contributed by atoms with van der Waals surface area (Å²) in [5.74, 6) is 1.55. The Bertz CT molecular complexity index is 517. The molecule has 0 aromatic heterocycles. The first-order valence-corrected chi connectivity index (χ1v) is 9.22. The van der Waals surface area contributed by atoms with E-state index in [0.29, 0.717) is 12.0 Å². The molecule has 6 heteroatoms. The Morgan fingerprint density at radius 3 is 2.40 bits per heavy atom. The van der Waals surface area contributed by atoms with Gasteiger partial charge < -0.3 is 14.5 Å². The van der Waals surface area contributed by atoms with Crippen molar-refractivity contribution >= 4 is 29.4 Å². The van der Waals surface area contributed by atoms with Crippen molar-refractivity contribution in [1.82, 2.24) is 9.80 Å². The van der Waals surface area contributed by atoms with Gasteiger partial charge in [-0.05, 0) is 67.9 Å². The topological polar surface area (TPSA) is 32.8 Å². The molecule has 1 aliphatic heterocycles. The van der Waals surface area contributed by atoms with Crippen LogP contribution in [0, 0.1) is 5.92 Å². The number of rotatable bonds is 7. The summed E-state index contributed by atoms with van der Waals surface area (Å²) in [6.07, 6.45) is 3.13. The lowest BCUT2D eigenvalue weighted by atomic mass is 9.95. The molecule has 0 saturated carbocycles. The van der Waals surface area contributed by atoms with Crippen LogP contribution in [-0.4, -0.2) is 54.5 Å². The van der Waals surface area contributed by atoms with Crippen molar-refractivity contribution in [1.29, 1.82) is 0 Å². The fourth-order valence-electron chi connectivity index (χ4n) is 3.48. The number of amides is 1. The average Bonchev–Trinajstić information content (AvgIpc) is 2.60. The molecule has 0 spiro atoms. The van der Waals surface area contributed by atoms with E-state index < -0.39 is 0 Å². The smallest absolute Gasteiger partial charge is 0.316 e. The molecule has 1 saturated heterocycles. The van der Waals surface area contributed by atoms with Crippen molar-refractivity contribution in [3.05, 3.63) is 29.8 Å². The Morgan fingerprint density at radius 2 is 1.92 bits per heavy atom. The van der Waals surface area contributed by atoms with Gasteiger partial charge in [-0.3, -0.25) is 4.79 Å². The van der Waals surface area contributed by atoms with E-state index in [2.05, 4.69) is 30.9 Å². The minimum Gasteiger partial charge on any atom is -0.497 e. The highest BCUT2D eigenvalue weighted by molar-refractivity contribution is 6.62. The van der Waals surface area contributed by atoms with Crippen molar-refractivity contribution in [2.75, 3.05) is 33.3 Å². The van der Waals surface area contributed by atoms with Gasteiger partial charge in [-0.15, -0.1) is 12.4 Å². The number of hydrogen-bond donors (Lipinski definition) is 0. The van der Waals surface area contributed by atoms with Crippen molar-refractivity contribution in [2.24, 2.45) is 5.92 Å². The fraction of sp³-hybridized carbons (Fsp3) is 0.632. The second-order valence-electron chi connectivity index (χ2n) is 6.67. The van der Waals surface area contributed by atoms with E-state index in [1.807, 2.05) is 12.1 Å². The molecule has 1 fully saturated rings. The van der Waals surface area contributed by atoms with Gasteiger partial charge in [0, 0.05) is 25.7 Å². The van der Waals surface area contributed by atoms with Crippen molar-refractivity contribution in [2.45, 2.75) is 39.2 Å². The summed E-state index contributed by atoms with van der Waals surface area (Å²) in [4.78, 5) is 15.5. The number of hydrogen-bond acceptors (Lipinski definition) is 3. The molecule has 0 N–H and O–H groups in total. The van der Waals surface area contributed by atoms with Crippen LogP contribution in [0.5, 0.6) is 5.75 Å². The molecule has 1 aromatic rings. The fourth-order valence-corrected chi connectivity index (χ4v) is 3.64. The Kier molecular flexibility index (Phi) is 9.62. The number of carbonyl (C=O) groups excluding carboxylic acids is 1. The zero-order valence-electron chi connectivity index (χ0n) is 15.4. The molecular formula is C19H30Cl2N2O2. The lowest BCUT2D eigenvalue weighted by Crippen LogP contribution is -2.42. The van der Waals surface area contributed by atoms with Crippen LogP contribution in [0.25, 0.3) is 0 Å². The summed E-state index contributed by atoms with van der Waals surface area (Å²) in [6, 6.07) is 8.84. The van der Waals surface area contributed by atoms with Gasteiger partial charge in [0.1, 0.15) is 5.75 Å². The molecule has 2 rings (SSSR count). The molecule has 25 heavy (non-hydrogen) atoms. The minimum absolute atomic E-state index is 0. The average molecular weight is 389 g/mol. The number of methoxy groups -OCH3 is 1. The number of ether oxygens (including phenoxy) is 1. The van der Waals surface area contributed by atoms with Gasteiger partial charge in [0.15, 0.2) is 0 Å². The van der Waals surface area contributed by atoms with Gasteiger partial charge in [0.2, 0.25) is 0 Å². The van der Waals surface area contributed by atoms with E-state index in [1.165, 1.54) is 5.56 Å². The minimum atomic E-state index is -0.311. The Labute approximate surface area is 162 Å². The number of carbonyl (C=O) groups is 1. The molecule has 4 nitrogen and oxygen atoms in total. The number of likely N-dealkylation sites (tertiary alicyclic amines) is 1. The zero-order chi connectivity index (χ0) is 17.5. The monoisotopic (exact) mass is 388 g/mol. The molecule has 142 valence electrons. The lowest BCUT2D eigenvalue weighted by Gasteiger charge is -2.36. The van der Waals surface area contributed by atoms with Gasteiger partial charge in [-0.2, -0.15) is 0 Å². The Balaban J connectivity index is 0.00000312. The predicted octanol–water partition coefficient (Wildman–Crippen LogP) is 4.44. The summed E-state index contributed by atoms with van der Waals surface area (Å²) in [5.41, 5.74) is 1.34. The SMILES string of the molecule is CCN(CC1CCN(C(=O)Cl)CC1)C(C)Cc1ccc(OC)cc1.Cl. The Hall–Kier alpha value is -0.970. The van der Waals surface area contributed by atoms with E-state index in [4.69, 9.17) is 16.3 Å². The summed E-state index contributed by atoms with van der Waals surface area (Å²) < 4.78 is 5.22. The van der Waals surface area contributed by atoms with Crippen LogP contribution < -0.4 is 4.74 Å². The number of likely N-dealkylation sites (N-methyl/N-ethyl adjacent to an activating group) is 1. The third-order valence-corrected chi connectivity index (χ3v) is 5.31. The van der Waals surface area contributed by atoms with Gasteiger partial charge in [0.05, 0.1) is 7.11 Å². The largest absolute Gasteiger partial charge is 0.497 e. The number of nitrogens with zero attached hydrogens (tertiary/aromatic N) is 2. The van der Waals surface area contributed by atoms with Crippen LogP contribution in [-0.2, 0) is 6.42 Å². The quantitative estimate of drug-likeness (QED) is 0.511. The molecule has 0 bridgehead atoms. The second kappa shape index (κ2) is 10.9. The molecule has 1 aromatic carbocycles. The van der Waals surface area contributed by atoms with Gasteiger partial charge in [0.25, 0.3) is 0 Å². The van der Waals surface area contributed by atoms with Crippen molar-refractivity contribution in [3.63, 3.8) is 0 Å². The van der Waals surface area contributed by atoms with Gasteiger partial charge in [-0.1, -0.05) is 19.1 Å².